The monoisotopic (exact) mass is 403 g/mol. The summed E-state index contributed by atoms with van der Waals surface area (Å²) in [5.41, 5.74) is 0.693. The molecule has 104 valence electrons. The Hall–Kier alpha value is -0.880. The molecule has 1 fully saturated rings. The lowest BCUT2D eigenvalue weighted by molar-refractivity contribution is -0.0260. The molecule has 1 saturated heterocycles. The predicted octanol–water partition coefficient (Wildman–Crippen LogP) is 2.22. The Morgan fingerprint density at radius 1 is 1.60 bits per heavy atom. The minimum absolute atomic E-state index is 0.0410. The van der Waals surface area contributed by atoms with Crippen molar-refractivity contribution in [1.82, 2.24) is 14.5 Å². The van der Waals surface area contributed by atoms with Gasteiger partial charge in [-0.15, -0.1) is 6.42 Å². The Morgan fingerprint density at radius 3 is 3.10 bits per heavy atom. The lowest BCUT2D eigenvalue weighted by Crippen LogP contribution is -2.15. The van der Waals surface area contributed by atoms with Crippen LogP contribution < -0.4 is 0 Å². The van der Waals surface area contributed by atoms with Crippen LogP contribution >= 0.6 is 34.2 Å². The summed E-state index contributed by atoms with van der Waals surface area (Å²) in [6, 6.07) is 0. The molecule has 0 aliphatic carbocycles. The first-order valence-corrected chi connectivity index (χ1v) is 7.50. The number of fused-ring (bicyclic) bond motifs is 1. The Bertz CT molecular complexity index is 697. The quantitative estimate of drug-likeness (QED) is 0.475. The third-order valence-corrected chi connectivity index (χ3v) is 4.51. The molecule has 0 bridgehead atoms. The van der Waals surface area contributed by atoms with Crippen LogP contribution in [-0.4, -0.2) is 32.4 Å². The van der Waals surface area contributed by atoms with E-state index in [1.165, 1.54) is 6.33 Å². The van der Waals surface area contributed by atoms with Crippen molar-refractivity contribution in [3.05, 3.63) is 21.2 Å². The molecular formula is C13H11ClIN3O2. The molecule has 5 nitrogen and oxygen atoms in total. The average Bonchev–Trinajstić information content (AvgIpc) is 3.00. The highest BCUT2D eigenvalue weighted by Crippen LogP contribution is 2.38. The van der Waals surface area contributed by atoms with Crippen molar-refractivity contribution in [1.29, 1.82) is 0 Å². The molecule has 2 aromatic rings. The second-order valence-corrected chi connectivity index (χ2v) is 6.11. The minimum Gasteiger partial charge on any atom is -0.394 e. The van der Waals surface area contributed by atoms with Crippen molar-refractivity contribution in [2.24, 2.45) is 5.92 Å². The molecule has 3 heterocycles. The third-order valence-electron chi connectivity index (χ3n) is 3.40. The molecule has 20 heavy (non-hydrogen) atoms. The van der Waals surface area contributed by atoms with Crippen molar-refractivity contribution in [3.63, 3.8) is 0 Å². The number of nitrogens with zero attached hydrogens (tertiary/aromatic N) is 3. The maximum absolute atomic E-state index is 9.26. The van der Waals surface area contributed by atoms with Gasteiger partial charge in [-0.25, -0.2) is 9.97 Å². The Morgan fingerprint density at radius 2 is 2.40 bits per heavy atom. The van der Waals surface area contributed by atoms with Crippen LogP contribution in [0.3, 0.4) is 0 Å². The topological polar surface area (TPSA) is 60.2 Å². The number of aliphatic hydroxyl groups excluding tert-OH is 1. The van der Waals surface area contributed by atoms with E-state index < -0.39 is 0 Å². The van der Waals surface area contributed by atoms with Gasteiger partial charge >= 0.3 is 0 Å². The summed E-state index contributed by atoms with van der Waals surface area (Å²) >= 11 is 8.30. The van der Waals surface area contributed by atoms with Gasteiger partial charge in [0.25, 0.3) is 0 Å². The normalized spacial score (nSPS) is 26.0. The number of hydrogen-bond donors (Lipinski definition) is 1. The minimum atomic E-state index is -0.339. The van der Waals surface area contributed by atoms with Gasteiger partial charge in [0.15, 0.2) is 0 Å². The van der Waals surface area contributed by atoms with Gasteiger partial charge in [0.1, 0.15) is 23.4 Å². The zero-order valence-corrected chi connectivity index (χ0v) is 13.2. The molecule has 3 unspecified atom stereocenters. The van der Waals surface area contributed by atoms with Gasteiger partial charge in [0, 0.05) is 9.77 Å². The fraction of sp³-hybridized carbons (Fsp3) is 0.385. The number of ether oxygens (including phenoxy) is 1. The maximum atomic E-state index is 9.26. The van der Waals surface area contributed by atoms with E-state index >= 15 is 0 Å². The smallest absolute Gasteiger partial charge is 0.149 e. The fourth-order valence-corrected chi connectivity index (χ4v) is 3.66. The summed E-state index contributed by atoms with van der Waals surface area (Å²) in [6.45, 7) is -0.0410. The lowest BCUT2D eigenvalue weighted by atomic mass is 10.0. The lowest BCUT2D eigenvalue weighted by Gasteiger charge is -2.17. The van der Waals surface area contributed by atoms with Gasteiger partial charge < -0.3 is 14.4 Å². The van der Waals surface area contributed by atoms with E-state index in [2.05, 4.69) is 38.5 Å². The van der Waals surface area contributed by atoms with Crippen LogP contribution in [0.1, 0.15) is 12.6 Å². The summed E-state index contributed by atoms with van der Waals surface area (Å²) in [6.07, 6.45) is 8.94. The van der Waals surface area contributed by atoms with E-state index in [0.717, 1.165) is 8.96 Å². The highest BCUT2D eigenvalue weighted by atomic mass is 127. The summed E-state index contributed by atoms with van der Waals surface area (Å²) in [5, 5.41) is 10.5. The standard InChI is InChI=1S/C13H11ClIN3O2/c1-2-7-3-8(5-19)20-13(7)18-4-9(15)10-11(14)16-6-17-12(10)18/h1,4,6-8,13,19H,3,5H2. The van der Waals surface area contributed by atoms with E-state index in [0.29, 0.717) is 17.2 Å². The second kappa shape index (κ2) is 5.48. The first-order chi connectivity index (χ1) is 9.65. The van der Waals surface area contributed by atoms with Gasteiger partial charge in [-0.2, -0.15) is 0 Å². The molecule has 1 aliphatic heterocycles. The number of hydrogen-bond acceptors (Lipinski definition) is 4. The molecule has 3 rings (SSSR count). The summed E-state index contributed by atoms with van der Waals surface area (Å²) in [7, 11) is 0. The van der Waals surface area contributed by atoms with Crippen LogP contribution in [0.4, 0.5) is 0 Å². The van der Waals surface area contributed by atoms with Gasteiger partial charge in [-0.3, -0.25) is 0 Å². The summed E-state index contributed by atoms with van der Waals surface area (Å²) in [4.78, 5) is 8.27. The van der Waals surface area contributed by atoms with Crippen molar-refractivity contribution in [2.75, 3.05) is 6.61 Å². The Balaban J connectivity index is 2.11. The molecular weight excluding hydrogens is 393 g/mol. The van der Waals surface area contributed by atoms with Crippen LogP contribution in [-0.2, 0) is 4.74 Å². The van der Waals surface area contributed by atoms with Crippen LogP contribution in [0.15, 0.2) is 12.5 Å². The van der Waals surface area contributed by atoms with E-state index in [1.54, 1.807) is 0 Å². The summed E-state index contributed by atoms with van der Waals surface area (Å²) in [5.74, 6) is 2.63. The number of halogens is 2. The van der Waals surface area contributed by atoms with Crippen molar-refractivity contribution in [3.8, 4) is 12.3 Å². The zero-order chi connectivity index (χ0) is 14.3. The highest BCUT2D eigenvalue weighted by molar-refractivity contribution is 14.1. The second-order valence-electron chi connectivity index (χ2n) is 4.59. The van der Waals surface area contributed by atoms with E-state index in [9.17, 15) is 5.11 Å². The molecule has 7 heteroatoms. The third kappa shape index (κ3) is 2.19. The zero-order valence-electron chi connectivity index (χ0n) is 10.3. The SMILES string of the molecule is C#CC1CC(CO)OC1n1cc(I)c2c(Cl)ncnc21. The van der Waals surface area contributed by atoms with E-state index in [-0.39, 0.29) is 24.9 Å². The van der Waals surface area contributed by atoms with E-state index in [4.69, 9.17) is 22.8 Å². The van der Waals surface area contributed by atoms with Crippen LogP contribution in [0, 0.1) is 21.8 Å². The molecule has 0 amide bonds. The first kappa shape index (κ1) is 14.1. The fourth-order valence-electron chi connectivity index (χ4n) is 2.47. The molecule has 2 aromatic heterocycles. The molecule has 0 saturated carbocycles. The number of aliphatic hydroxyl groups is 1. The van der Waals surface area contributed by atoms with Crippen molar-refractivity contribution >= 4 is 45.2 Å². The van der Waals surface area contributed by atoms with Crippen molar-refractivity contribution in [2.45, 2.75) is 18.8 Å². The number of rotatable bonds is 2. The molecule has 1 N–H and O–H groups in total. The van der Waals surface area contributed by atoms with Gasteiger partial charge in [0.05, 0.1) is 24.0 Å². The van der Waals surface area contributed by atoms with Gasteiger partial charge in [-0.1, -0.05) is 17.5 Å². The first-order valence-electron chi connectivity index (χ1n) is 6.04. The highest BCUT2D eigenvalue weighted by Gasteiger charge is 2.36. The average molecular weight is 404 g/mol. The Kier molecular flexibility index (Phi) is 3.86. The molecule has 0 spiro atoms. The van der Waals surface area contributed by atoms with E-state index in [1.807, 2.05) is 10.8 Å². The largest absolute Gasteiger partial charge is 0.394 e. The van der Waals surface area contributed by atoms with Crippen LogP contribution in [0.5, 0.6) is 0 Å². The summed E-state index contributed by atoms with van der Waals surface area (Å²) < 4.78 is 8.64. The molecule has 0 radical (unpaired) electrons. The van der Waals surface area contributed by atoms with Gasteiger partial charge in [0.2, 0.25) is 0 Å². The van der Waals surface area contributed by atoms with Crippen LogP contribution in [0.25, 0.3) is 11.0 Å². The Labute approximate surface area is 134 Å². The number of aromatic nitrogens is 3. The maximum Gasteiger partial charge on any atom is 0.149 e. The molecule has 1 aliphatic rings. The predicted molar refractivity (Wildman–Crippen MR) is 83.2 cm³/mol. The number of terminal acetylenes is 1. The molecule has 0 aromatic carbocycles. The van der Waals surface area contributed by atoms with Crippen LogP contribution in [0.2, 0.25) is 5.15 Å². The molecule has 3 atom stereocenters. The van der Waals surface area contributed by atoms with Gasteiger partial charge in [-0.05, 0) is 29.0 Å². The van der Waals surface area contributed by atoms with Crippen molar-refractivity contribution < 1.29 is 9.84 Å².